The molecule has 0 bridgehead atoms. The molecule has 1 unspecified atom stereocenters. The molecule has 1 saturated heterocycles. The molecule has 1 aliphatic rings. The third-order valence-electron chi connectivity index (χ3n) is 3.89. The molecule has 0 spiro atoms. The van der Waals surface area contributed by atoms with Crippen molar-refractivity contribution in [1.29, 1.82) is 0 Å². The number of pyridine rings is 1. The van der Waals surface area contributed by atoms with E-state index < -0.39 is 11.7 Å². The maximum Gasteiger partial charge on any atom is 0.417 e. The number of aliphatic imine (C=N–C) groups is 1. The first-order valence-corrected chi connectivity index (χ1v) is 8.74. The third kappa shape index (κ3) is 7.15. The van der Waals surface area contributed by atoms with Crippen LogP contribution in [0.3, 0.4) is 0 Å². The number of alkyl halides is 3. The SMILES string of the molecule is CCNC(=NCCOC)NC1CCN(c2ncc(C(F)(F)F)cc2Cl)C1.I. The number of halogens is 5. The topological polar surface area (TPSA) is 61.8 Å². The number of nitrogens with zero attached hydrogens (tertiary/aromatic N) is 3. The van der Waals surface area contributed by atoms with Gasteiger partial charge in [-0.25, -0.2) is 4.98 Å². The normalized spacial score (nSPS) is 17.6. The van der Waals surface area contributed by atoms with Crippen molar-refractivity contribution in [2.75, 3.05) is 44.8 Å². The van der Waals surface area contributed by atoms with Crippen molar-refractivity contribution < 1.29 is 17.9 Å². The minimum Gasteiger partial charge on any atom is -0.383 e. The van der Waals surface area contributed by atoms with Crippen LogP contribution in [-0.2, 0) is 10.9 Å². The number of anilines is 1. The largest absolute Gasteiger partial charge is 0.417 e. The molecule has 2 N–H and O–H groups in total. The number of guanidine groups is 1. The van der Waals surface area contributed by atoms with Crippen molar-refractivity contribution >= 4 is 47.4 Å². The monoisotopic (exact) mass is 521 g/mol. The molecular formula is C16H24ClF3IN5O. The summed E-state index contributed by atoms with van der Waals surface area (Å²) in [5, 5.41) is 6.48. The van der Waals surface area contributed by atoms with Gasteiger partial charge in [-0.3, -0.25) is 4.99 Å². The Hall–Kier alpha value is -1.01. The Kier molecular flexibility index (Phi) is 9.88. The highest BCUT2D eigenvalue weighted by atomic mass is 127. The summed E-state index contributed by atoms with van der Waals surface area (Å²) in [7, 11) is 1.62. The molecular weight excluding hydrogens is 498 g/mol. The Bertz CT molecular complexity index is 633. The van der Waals surface area contributed by atoms with Gasteiger partial charge in [0.1, 0.15) is 5.82 Å². The van der Waals surface area contributed by atoms with Crippen molar-refractivity contribution in [3.63, 3.8) is 0 Å². The highest BCUT2D eigenvalue weighted by molar-refractivity contribution is 14.0. The molecule has 27 heavy (non-hydrogen) atoms. The van der Waals surface area contributed by atoms with Crippen LogP contribution < -0.4 is 15.5 Å². The van der Waals surface area contributed by atoms with Gasteiger partial charge in [-0.05, 0) is 19.4 Å². The molecule has 0 saturated carbocycles. The van der Waals surface area contributed by atoms with Crippen molar-refractivity contribution in [1.82, 2.24) is 15.6 Å². The van der Waals surface area contributed by atoms with E-state index in [0.717, 1.165) is 25.2 Å². The zero-order valence-electron chi connectivity index (χ0n) is 15.1. The van der Waals surface area contributed by atoms with Gasteiger partial charge >= 0.3 is 6.18 Å². The number of methoxy groups -OCH3 is 1. The van der Waals surface area contributed by atoms with Gasteiger partial charge in [0, 0.05) is 39.0 Å². The summed E-state index contributed by atoms with van der Waals surface area (Å²) in [6, 6.07) is 1.01. The van der Waals surface area contributed by atoms with E-state index >= 15 is 0 Å². The van der Waals surface area contributed by atoms with E-state index in [1.165, 1.54) is 0 Å². The summed E-state index contributed by atoms with van der Waals surface area (Å²) in [6.07, 6.45) is -2.84. The van der Waals surface area contributed by atoms with E-state index in [4.69, 9.17) is 16.3 Å². The second-order valence-electron chi connectivity index (χ2n) is 5.86. The van der Waals surface area contributed by atoms with E-state index in [0.29, 0.717) is 38.0 Å². The summed E-state index contributed by atoms with van der Waals surface area (Å²) >= 11 is 6.03. The molecule has 2 heterocycles. The summed E-state index contributed by atoms with van der Waals surface area (Å²) in [5.41, 5.74) is -0.847. The Labute approximate surface area is 178 Å². The first-order valence-electron chi connectivity index (χ1n) is 8.36. The maximum absolute atomic E-state index is 12.7. The third-order valence-corrected chi connectivity index (χ3v) is 4.17. The quantitative estimate of drug-likeness (QED) is 0.261. The lowest BCUT2D eigenvalue weighted by atomic mass is 10.2. The fraction of sp³-hybridized carbons (Fsp3) is 0.625. The molecule has 1 aromatic rings. The first-order chi connectivity index (χ1) is 12.3. The lowest BCUT2D eigenvalue weighted by Crippen LogP contribution is -2.44. The van der Waals surface area contributed by atoms with Crippen molar-refractivity contribution in [3.8, 4) is 0 Å². The lowest BCUT2D eigenvalue weighted by Gasteiger charge is -2.21. The molecule has 154 valence electrons. The zero-order valence-corrected chi connectivity index (χ0v) is 18.2. The molecule has 1 aromatic heterocycles. The second-order valence-corrected chi connectivity index (χ2v) is 6.26. The van der Waals surface area contributed by atoms with Gasteiger partial charge in [-0.1, -0.05) is 11.6 Å². The van der Waals surface area contributed by atoms with E-state index in [2.05, 4.69) is 20.6 Å². The minimum atomic E-state index is -4.45. The average Bonchev–Trinajstić information content (AvgIpc) is 3.02. The second kappa shape index (κ2) is 11.1. The van der Waals surface area contributed by atoms with Crippen LogP contribution in [0.25, 0.3) is 0 Å². The van der Waals surface area contributed by atoms with Gasteiger partial charge in [-0.2, -0.15) is 13.2 Å². The van der Waals surface area contributed by atoms with Gasteiger partial charge in [0.25, 0.3) is 0 Å². The molecule has 1 atom stereocenters. The first kappa shape index (κ1) is 24.0. The van der Waals surface area contributed by atoms with Crippen LogP contribution in [0, 0.1) is 0 Å². The van der Waals surface area contributed by atoms with E-state index in [9.17, 15) is 13.2 Å². The van der Waals surface area contributed by atoms with Crippen LogP contribution in [0.5, 0.6) is 0 Å². The van der Waals surface area contributed by atoms with E-state index in [1.54, 1.807) is 7.11 Å². The summed E-state index contributed by atoms with van der Waals surface area (Å²) in [4.78, 5) is 10.2. The molecule has 0 radical (unpaired) electrons. The van der Waals surface area contributed by atoms with E-state index in [1.807, 2.05) is 11.8 Å². The van der Waals surface area contributed by atoms with Crippen LogP contribution in [-0.4, -0.2) is 56.9 Å². The van der Waals surface area contributed by atoms with Crippen molar-refractivity contribution in [2.45, 2.75) is 25.6 Å². The predicted molar refractivity (Wildman–Crippen MR) is 111 cm³/mol. The van der Waals surface area contributed by atoms with Crippen molar-refractivity contribution in [3.05, 3.63) is 22.8 Å². The molecule has 1 fully saturated rings. The average molecular weight is 522 g/mol. The molecule has 0 aromatic carbocycles. The van der Waals surface area contributed by atoms with E-state index in [-0.39, 0.29) is 35.0 Å². The van der Waals surface area contributed by atoms with Crippen LogP contribution in [0.2, 0.25) is 5.02 Å². The van der Waals surface area contributed by atoms with Gasteiger partial charge < -0.3 is 20.3 Å². The van der Waals surface area contributed by atoms with Crippen LogP contribution in [0.1, 0.15) is 18.9 Å². The van der Waals surface area contributed by atoms with Crippen LogP contribution in [0.15, 0.2) is 17.3 Å². The summed E-state index contributed by atoms with van der Waals surface area (Å²) < 4.78 is 43.2. The Morgan fingerprint density at radius 3 is 2.81 bits per heavy atom. The number of hydrogen-bond donors (Lipinski definition) is 2. The number of rotatable bonds is 6. The standard InChI is InChI=1S/C16H23ClF3N5O.HI/c1-3-21-15(22-5-7-26-2)24-12-4-6-25(10-12)14-13(17)8-11(9-23-14)16(18,19)20;/h8-9,12H,3-7,10H2,1-2H3,(H2,21,22,24);1H. The number of ether oxygens (including phenoxy) is 1. The highest BCUT2D eigenvalue weighted by Crippen LogP contribution is 2.34. The Balaban J connectivity index is 0.00000364. The number of nitrogens with one attached hydrogen (secondary N) is 2. The van der Waals surface area contributed by atoms with Crippen molar-refractivity contribution in [2.24, 2.45) is 4.99 Å². The van der Waals surface area contributed by atoms with Crippen LogP contribution in [0.4, 0.5) is 19.0 Å². The summed E-state index contributed by atoms with van der Waals surface area (Å²) in [5.74, 6) is 1.05. The van der Waals surface area contributed by atoms with Gasteiger partial charge in [0.2, 0.25) is 0 Å². The fourth-order valence-corrected chi connectivity index (χ4v) is 2.94. The Morgan fingerprint density at radius 2 is 2.22 bits per heavy atom. The molecule has 2 rings (SSSR count). The molecule has 1 aliphatic heterocycles. The lowest BCUT2D eigenvalue weighted by molar-refractivity contribution is -0.137. The maximum atomic E-state index is 12.7. The van der Waals surface area contributed by atoms with Gasteiger partial charge in [0.05, 0.1) is 23.7 Å². The number of aromatic nitrogens is 1. The molecule has 11 heteroatoms. The highest BCUT2D eigenvalue weighted by Gasteiger charge is 2.33. The Morgan fingerprint density at radius 1 is 1.48 bits per heavy atom. The predicted octanol–water partition coefficient (Wildman–Crippen LogP) is 3.15. The van der Waals surface area contributed by atoms with Gasteiger partial charge in [0.15, 0.2) is 5.96 Å². The zero-order chi connectivity index (χ0) is 19.2. The minimum absolute atomic E-state index is 0. The number of hydrogen-bond acceptors (Lipinski definition) is 4. The smallest absolute Gasteiger partial charge is 0.383 e. The summed E-state index contributed by atoms with van der Waals surface area (Å²) in [6.45, 7) is 4.98. The molecule has 0 aliphatic carbocycles. The van der Waals surface area contributed by atoms with Gasteiger partial charge in [-0.15, -0.1) is 24.0 Å². The molecule has 6 nitrogen and oxygen atoms in total. The fourth-order valence-electron chi connectivity index (χ4n) is 2.65. The molecule has 0 amide bonds. The van der Waals surface area contributed by atoms with Crippen LogP contribution >= 0.6 is 35.6 Å².